The van der Waals surface area contributed by atoms with Gasteiger partial charge in [0.2, 0.25) is 0 Å². The summed E-state index contributed by atoms with van der Waals surface area (Å²) in [6.07, 6.45) is 3.75. The molecule has 40 heavy (non-hydrogen) atoms. The fraction of sp³-hybridized carbons (Fsp3) is 0.0526. The lowest BCUT2D eigenvalue weighted by molar-refractivity contribution is 0.303. The van der Waals surface area contributed by atoms with E-state index in [9.17, 15) is 0 Å². The van der Waals surface area contributed by atoms with Crippen LogP contribution in [0.3, 0.4) is 0 Å². The van der Waals surface area contributed by atoms with Gasteiger partial charge in [0.1, 0.15) is 24.7 Å². The minimum absolute atomic E-state index is 0.468. The normalized spacial score (nSPS) is 10.9. The zero-order chi connectivity index (χ0) is 27.3. The van der Waals surface area contributed by atoms with E-state index < -0.39 is 0 Å². The van der Waals surface area contributed by atoms with Crippen LogP contribution >= 0.6 is 0 Å². The Morgan fingerprint density at radius 3 is 1.30 bits per heavy atom. The van der Waals surface area contributed by atoms with Gasteiger partial charge in [0.15, 0.2) is 0 Å². The highest BCUT2D eigenvalue weighted by atomic mass is 16.5. The molecule has 0 unspecified atom stereocenters. The summed E-state index contributed by atoms with van der Waals surface area (Å²) in [6, 6.07) is 41.8. The summed E-state index contributed by atoms with van der Waals surface area (Å²) in [6.45, 7) is 8.88. The molecule has 0 atom stereocenters. The van der Waals surface area contributed by atoms with E-state index in [0.717, 1.165) is 66.4 Å². The molecule has 0 spiro atoms. The van der Waals surface area contributed by atoms with E-state index >= 15 is 0 Å². The molecule has 0 N–H and O–H groups in total. The van der Waals surface area contributed by atoms with Gasteiger partial charge in [0.25, 0.3) is 0 Å². The van der Waals surface area contributed by atoms with Crippen LogP contribution in [0.25, 0.3) is 44.8 Å². The average molecular weight is 519 g/mol. The molecule has 0 saturated carbocycles. The number of hydrogen-bond donors (Lipinski definition) is 0. The van der Waals surface area contributed by atoms with Crippen LogP contribution in [0.4, 0.5) is 0 Å². The second-order valence-corrected chi connectivity index (χ2v) is 9.80. The Balaban J connectivity index is 1.58. The topological polar surface area (TPSA) is 18.5 Å². The van der Waals surface area contributed by atoms with Crippen molar-refractivity contribution in [2.75, 3.05) is 0 Å². The lowest BCUT2D eigenvalue weighted by atomic mass is 9.91. The fourth-order valence-electron chi connectivity index (χ4n) is 5.14. The average Bonchev–Trinajstić information content (AvgIpc) is 3.02. The molecule has 0 amide bonds. The predicted octanol–water partition coefficient (Wildman–Crippen LogP) is 10.1. The zero-order valence-electron chi connectivity index (χ0n) is 22.3. The quantitative estimate of drug-likeness (QED) is 0.190. The molecule has 0 heterocycles. The summed E-state index contributed by atoms with van der Waals surface area (Å²) in [5, 5.41) is 4.43. The maximum atomic E-state index is 6.56. The van der Waals surface area contributed by atoms with Crippen LogP contribution in [0.1, 0.15) is 22.3 Å². The molecule has 0 bridgehead atoms. The second kappa shape index (κ2) is 11.3. The molecule has 0 aliphatic carbocycles. The maximum Gasteiger partial charge on any atom is 0.128 e. The van der Waals surface area contributed by atoms with Gasteiger partial charge in [-0.2, -0.15) is 0 Å². The third-order valence-corrected chi connectivity index (χ3v) is 7.21. The molecular weight excluding hydrogens is 488 g/mol. The zero-order valence-corrected chi connectivity index (χ0v) is 22.3. The van der Waals surface area contributed by atoms with Gasteiger partial charge in [-0.1, -0.05) is 122 Å². The summed E-state index contributed by atoms with van der Waals surface area (Å²) in [5.74, 6) is 1.63. The van der Waals surface area contributed by atoms with Crippen LogP contribution < -0.4 is 9.47 Å². The fourth-order valence-corrected chi connectivity index (χ4v) is 5.14. The summed E-state index contributed by atoms with van der Waals surface area (Å²) >= 11 is 0. The Hall–Kier alpha value is -5.08. The lowest BCUT2D eigenvalue weighted by Gasteiger charge is -2.20. The van der Waals surface area contributed by atoms with Gasteiger partial charge < -0.3 is 9.47 Å². The molecule has 0 fully saturated rings. The first-order chi connectivity index (χ1) is 19.7. The molecule has 0 saturated heterocycles. The van der Waals surface area contributed by atoms with Crippen molar-refractivity contribution < 1.29 is 9.47 Å². The highest BCUT2D eigenvalue weighted by Gasteiger charge is 2.20. The molecule has 194 valence electrons. The van der Waals surface area contributed by atoms with Crippen molar-refractivity contribution in [1.29, 1.82) is 0 Å². The molecule has 0 radical (unpaired) electrons. The Bertz CT molecular complexity index is 1680. The second-order valence-electron chi connectivity index (χ2n) is 9.80. The SMILES string of the molecule is C=Cc1ccc2c(-c3c(OCc4ccccc4)ccc4cc(C=C)ccc34)c(OCc3ccccc3)ccc2c1. The summed E-state index contributed by atoms with van der Waals surface area (Å²) < 4.78 is 13.1. The van der Waals surface area contributed by atoms with Crippen molar-refractivity contribution in [3.05, 3.63) is 157 Å². The highest BCUT2D eigenvalue weighted by Crippen LogP contribution is 2.46. The minimum atomic E-state index is 0.468. The summed E-state index contributed by atoms with van der Waals surface area (Å²) in [5.41, 5.74) is 6.42. The van der Waals surface area contributed by atoms with Gasteiger partial charge in [-0.3, -0.25) is 0 Å². The van der Waals surface area contributed by atoms with Gasteiger partial charge in [0.05, 0.1) is 0 Å². The number of rotatable bonds is 9. The van der Waals surface area contributed by atoms with E-state index in [1.807, 2.05) is 48.6 Å². The van der Waals surface area contributed by atoms with Gasteiger partial charge in [-0.15, -0.1) is 0 Å². The smallest absolute Gasteiger partial charge is 0.128 e. The largest absolute Gasteiger partial charge is 0.488 e. The predicted molar refractivity (Wildman–Crippen MR) is 169 cm³/mol. The monoisotopic (exact) mass is 518 g/mol. The molecule has 6 aromatic rings. The number of ether oxygens (including phenoxy) is 2. The van der Waals surface area contributed by atoms with Gasteiger partial charge >= 0.3 is 0 Å². The third kappa shape index (κ3) is 5.12. The van der Waals surface area contributed by atoms with E-state index in [2.05, 4.69) is 98.1 Å². The number of benzene rings is 6. The van der Waals surface area contributed by atoms with E-state index in [0.29, 0.717) is 13.2 Å². The molecule has 6 aromatic carbocycles. The van der Waals surface area contributed by atoms with Crippen molar-refractivity contribution in [3.63, 3.8) is 0 Å². The maximum absolute atomic E-state index is 6.56. The Labute approximate surface area is 235 Å². The van der Waals surface area contributed by atoms with E-state index in [-0.39, 0.29) is 0 Å². The minimum Gasteiger partial charge on any atom is -0.488 e. The van der Waals surface area contributed by atoms with Crippen LogP contribution in [0.15, 0.2) is 134 Å². The molecule has 6 rings (SSSR count). The third-order valence-electron chi connectivity index (χ3n) is 7.21. The molecule has 2 heteroatoms. The van der Waals surface area contributed by atoms with Crippen LogP contribution in [0, 0.1) is 0 Å². The Morgan fingerprint density at radius 2 is 0.900 bits per heavy atom. The van der Waals surface area contributed by atoms with E-state index in [4.69, 9.17) is 9.47 Å². The van der Waals surface area contributed by atoms with E-state index in [1.54, 1.807) is 0 Å². The van der Waals surface area contributed by atoms with Crippen molar-refractivity contribution in [2.24, 2.45) is 0 Å². The van der Waals surface area contributed by atoms with E-state index in [1.165, 1.54) is 0 Å². The van der Waals surface area contributed by atoms with Gasteiger partial charge in [-0.25, -0.2) is 0 Å². The molecular formula is C38H30O2. The van der Waals surface area contributed by atoms with Gasteiger partial charge in [-0.05, 0) is 68.1 Å². The highest BCUT2D eigenvalue weighted by molar-refractivity contribution is 6.10. The number of hydrogen-bond acceptors (Lipinski definition) is 2. The van der Waals surface area contributed by atoms with Crippen LogP contribution in [-0.4, -0.2) is 0 Å². The standard InChI is InChI=1S/C38H30O2/c1-3-27-15-19-33-31(23-27)17-21-35(39-25-29-11-7-5-8-12-29)37(33)38-34-20-16-28(4-2)24-32(34)18-22-36(38)40-26-30-13-9-6-10-14-30/h3-24H,1-2,25-26H2. The van der Waals surface area contributed by atoms with Crippen molar-refractivity contribution in [2.45, 2.75) is 13.2 Å². The first-order valence-corrected chi connectivity index (χ1v) is 13.5. The van der Waals surface area contributed by atoms with Crippen LogP contribution in [0.2, 0.25) is 0 Å². The first kappa shape index (κ1) is 25.2. The van der Waals surface area contributed by atoms with Crippen LogP contribution in [0.5, 0.6) is 11.5 Å². The summed E-state index contributed by atoms with van der Waals surface area (Å²) in [7, 11) is 0. The Kier molecular flexibility index (Phi) is 7.15. The van der Waals surface area contributed by atoms with Crippen molar-refractivity contribution in [3.8, 4) is 22.6 Å². The van der Waals surface area contributed by atoms with Crippen molar-refractivity contribution >= 4 is 33.7 Å². The molecule has 2 nitrogen and oxygen atoms in total. The first-order valence-electron chi connectivity index (χ1n) is 13.5. The van der Waals surface area contributed by atoms with Crippen LogP contribution in [-0.2, 0) is 13.2 Å². The van der Waals surface area contributed by atoms with Crippen molar-refractivity contribution in [1.82, 2.24) is 0 Å². The lowest BCUT2D eigenvalue weighted by Crippen LogP contribution is -2.01. The van der Waals surface area contributed by atoms with Gasteiger partial charge in [0, 0.05) is 11.1 Å². The molecule has 0 aliphatic heterocycles. The molecule has 0 aliphatic rings. The summed E-state index contributed by atoms with van der Waals surface area (Å²) in [4.78, 5) is 0. The number of fused-ring (bicyclic) bond motifs is 2. The molecule has 0 aromatic heterocycles. The Morgan fingerprint density at radius 1 is 0.475 bits per heavy atom.